The van der Waals surface area contributed by atoms with Crippen molar-refractivity contribution in [3.8, 4) is 0 Å². The van der Waals surface area contributed by atoms with E-state index in [-0.39, 0.29) is 5.54 Å². The van der Waals surface area contributed by atoms with E-state index in [1.807, 2.05) is 0 Å². The summed E-state index contributed by atoms with van der Waals surface area (Å²) >= 11 is 0. The van der Waals surface area contributed by atoms with E-state index in [4.69, 9.17) is 4.74 Å². The molecule has 120 valence electrons. The van der Waals surface area contributed by atoms with Gasteiger partial charge in [0.2, 0.25) is 0 Å². The zero-order valence-electron chi connectivity index (χ0n) is 14.6. The van der Waals surface area contributed by atoms with Crippen LogP contribution < -0.4 is 5.32 Å². The highest BCUT2D eigenvalue weighted by Crippen LogP contribution is 2.38. The van der Waals surface area contributed by atoms with Gasteiger partial charge >= 0.3 is 0 Å². The van der Waals surface area contributed by atoms with Gasteiger partial charge in [0.15, 0.2) is 0 Å². The molecule has 1 aliphatic rings. The van der Waals surface area contributed by atoms with Crippen molar-refractivity contribution in [3.63, 3.8) is 0 Å². The molecule has 0 atom stereocenters. The second kappa shape index (κ2) is 7.77. The minimum atomic E-state index is 0.217. The van der Waals surface area contributed by atoms with Crippen molar-refractivity contribution in [3.05, 3.63) is 0 Å². The van der Waals surface area contributed by atoms with Crippen LogP contribution in [0, 0.1) is 5.41 Å². The van der Waals surface area contributed by atoms with Crippen molar-refractivity contribution in [2.75, 3.05) is 33.3 Å². The Balaban J connectivity index is 2.41. The standard InChI is InChI=1S/C17H36N2O/c1-15(2)20-12-11-19(6)14-17(9-7-8-10-17)13-18-16(3,4)5/h15,18H,7-14H2,1-6H3. The molecule has 1 rings (SSSR count). The number of likely N-dealkylation sites (N-methyl/N-ethyl adjacent to an activating group) is 1. The Morgan fingerprint density at radius 3 is 2.30 bits per heavy atom. The second-order valence-electron chi connectivity index (χ2n) is 7.97. The van der Waals surface area contributed by atoms with Crippen LogP contribution in [0.25, 0.3) is 0 Å². The fourth-order valence-corrected chi connectivity index (χ4v) is 3.06. The molecule has 20 heavy (non-hydrogen) atoms. The summed E-state index contributed by atoms with van der Waals surface area (Å²) < 4.78 is 5.67. The second-order valence-corrected chi connectivity index (χ2v) is 7.97. The number of ether oxygens (including phenoxy) is 1. The van der Waals surface area contributed by atoms with Crippen LogP contribution in [0.5, 0.6) is 0 Å². The van der Waals surface area contributed by atoms with E-state index >= 15 is 0 Å². The van der Waals surface area contributed by atoms with E-state index in [2.05, 4.69) is 51.9 Å². The summed E-state index contributed by atoms with van der Waals surface area (Å²) in [6, 6.07) is 0. The summed E-state index contributed by atoms with van der Waals surface area (Å²) in [6.45, 7) is 15.2. The fourth-order valence-electron chi connectivity index (χ4n) is 3.06. The van der Waals surface area contributed by atoms with E-state index in [1.165, 1.54) is 32.2 Å². The van der Waals surface area contributed by atoms with Gasteiger partial charge < -0.3 is 15.0 Å². The molecular weight excluding hydrogens is 248 g/mol. The van der Waals surface area contributed by atoms with Gasteiger partial charge in [-0.15, -0.1) is 0 Å². The van der Waals surface area contributed by atoms with Gasteiger partial charge in [0.05, 0.1) is 12.7 Å². The maximum absolute atomic E-state index is 5.67. The third kappa shape index (κ3) is 7.05. The molecule has 1 aliphatic carbocycles. The van der Waals surface area contributed by atoms with Crippen molar-refractivity contribution >= 4 is 0 Å². The normalized spacial score (nSPS) is 19.2. The lowest BCUT2D eigenvalue weighted by Crippen LogP contribution is -2.47. The molecule has 0 aromatic heterocycles. The SMILES string of the molecule is CC(C)OCCN(C)CC1(CNC(C)(C)C)CCCC1. The van der Waals surface area contributed by atoms with Gasteiger partial charge in [0.1, 0.15) is 0 Å². The first kappa shape index (κ1) is 17.9. The molecule has 0 bridgehead atoms. The molecule has 0 aliphatic heterocycles. The Hall–Kier alpha value is -0.120. The van der Waals surface area contributed by atoms with Crippen molar-refractivity contribution in [1.82, 2.24) is 10.2 Å². The molecule has 0 unspecified atom stereocenters. The third-order valence-corrected chi connectivity index (χ3v) is 4.19. The predicted molar refractivity (Wildman–Crippen MR) is 87.2 cm³/mol. The topological polar surface area (TPSA) is 24.5 Å². The Morgan fingerprint density at radius 2 is 1.80 bits per heavy atom. The van der Waals surface area contributed by atoms with E-state index < -0.39 is 0 Å². The Kier molecular flexibility index (Phi) is 6.96. The van der Waals surface area contributed by atoms with Crippen molar-refractivity contribution in [1.29, 1.82) is 0 Å². The fraction of sp³-hybridized carbons (Fsp3) is 1.00. The van der Waals surface area contributed by atoms with Crippen LogP contribution in [-0.2, 0) is 4.74 Å². The smallest absolute Gasteiger partial charge is 0.0596 e. The quantitative estimate of drug-likeness (QED) is 0.740. The lowest BCUT2D eigenvalue weighted by molar-refractivity contribution is 0.0537. The summed E-state index contributed by atoms with van der Waals surface area (Å²) in [5.74, 6) is 0. The Labute approximate surface area is 126 Å². The number of hydrogen-bond acceptors (Lipinski definition) is 3. The molecule has 0 aromatic carbocycles. The Morgan fingerprint density at radius 1 is 1.20 bits per heavy atom. The van der Waals surface area contributed by atoms with Crippen LogP contribution >= 0.6 is 0 Å². The first-order chi connectivity index (χ1) is 9.22. The molecule has 1 fully saturated rings. The summed E-state index contributed by atoms with van der Waals surface area (Å²) in [5, 5.41) is 3.73. The number of nitrogens with one attached hydrogen (secondary N) is 1. The molecule has 1 N–H and O–H groups in total. The maximum Gasteiger partial charge on any atom is 0.0596 e. The maximum atomic E-state index is 5.67. The van der Waals surface area contributed by atoms with Crippen LogP contribution in [0.15, 0.2) is 0 Å². The van der Waals surface area contributed by atoms with Crippen molar-refractivity contribution in [2.45, 2.75) is 71.9 Å². The van der Waals surface area contributed by atoms with Crippen LogP contribution in [0.3, 0.4) is 0 Å². The molecule has 1 saturated carbocycles. The first-order valence-corrected chi connectivity index (χ1v) is 8.28. The molecular formula is C17H36N2O. The lowest BCUT2D eigenvalue weighted by atomic mass is 9.84. The van der Waals surface area contributed by atoms with E-state index in [0.29, 0.717) is 11.5 Å². The average molecular weight is 284 g/mol. The predicted octanol–water partition coefficient (Wildman–Crippen LogP) is 3.29. The largest absolute Gasteiger partial charge is 0.377 e. The minimum absolute atomic E-state index is 0.217. The molecule has 3 heteroatoms. The van der Waals surface area contributed by atoms with Gasteiger partial charge in [-0.05, 0) is 59.9 Å². The molecule has 0 heterocycles. The van der Waals surface area contributed by atoms with E-state index in [1.54, 1.807) is 0 Å². The number of rotatable bonds is 8. The van der Waals surface area contributed by atoms with E-state index in [9.17, 15) is 0 Å². The highest BCUT2D eigenvalue weighted by atomic mass is 16.5. The number of nitrogens with zero attached hydrogens (tertiary/aromatic N) is 1. The molecule has 0 spiro atoms. The summed E-state index contributed by atoms with van der Waals surface area (Å²) in [4.78, 5) is 2.46. The third-order valence-electron chi connectivity index (χ3n) is 4.19. The average Bonchev–Trinajstić information content (AvgIpc) is 2.74. The highest BCUT2D eigenvalue weighted by Gasteiger charge is 2.35. The lowest BCUT2D eigenvalue weighted by Gasteiger charge is -2.36. The molecule has 0 amide bonds. The van der Waals surface area contributed by atoms with Crippen LogP contribution in [0.2, 0.25) is 0 Å². The summed E-state index contributed by atoms with van der Waals surface area (Å²) in [6.07, 6.45) is 5.85. The summed E-state index contributed by atoms with van der Waals surface area (Å²) in [5.41, 5.74) is 0.689. The first-order valence-electron chi connectivity index (χ1n) is 8.28. The van der Waals surface area contributed by atoms with Gasteiger partial charge in [-0.1, -0.05) is 12.8 Å². The minimum Gasteiger partial charge on any atom is -0.377 e. The van der Waals surface area contributed by atoms with Crippen LogP contribution in [0.1, 0.15) is 60.3 Å². The van der Waals surface area contributed by atoms with Crippen LogP contribution in [-0.4, -0.2) is 49.8 Å². The zero-order chi connectivity index (χ0) is 15.2. The molecule has 0 saturated heterocycles. The summed E-state index contributed by atoms with van der Waals surface area (Å²) in [7, 11) is 2.24. The Bertz CT molecular complexity index is 265. The van der Waals surface area contributed by atoms with E-state index in [0.717, 1.165) is 19.7 Å². The van der Waals surface area contributed by atoms with Gasteiger partial charge in [-0.25, -0.2) is 0 Å². The molecule has 0 radical (unpaired) electrons. The van der Waals surface area contributed by atoms with Crippen molar-refractivity contribution < 1.29 is 4.74 Å². The molecule has 0 aromatic rings. The molecule has 3 nitrogen and oxygen atoms in total. The highest BCUT2D eigenvalue weighted by molar-refractivity contribution is 4.90. The van der Waals surface area contributed by atoms with Crippen molar-refractivity contribution in [2.24, 2.45) is 5.41 Å². The zero-order valence-corrected chi connectivity index (χ0v) is 14.6. The van der Waals surface area contributed by atoms with Crippen LogP contribution in [0.4, 0.5) is 0 Å². The van der Waals surface area contributed by atoms with Gasteiger partial charge in [0.25, 0.3) is 0 Å². The monoisotopic (exact) mass is 284 g/mol. The number of hydrogen-bond donors (Lipinski definition) is 1. The van der Waals surface area contributed by atoms with Gasteiger partial charge in [0, 0.05) is 25.2 Å². The van der Waals surface area contributed by atoms with Gasteiger partial charge in [-0.2, -0.15) is 0 Å². The van der Waals surface area contributed by atoms with Gasteiger partial charge in [-0.3, -0.25) is 0 Å².